The lowest BCUT2D eigenvalue weighted by molar-refractivity contribution is -0.142. The van der Waals surface area contributed by atoms with Crippen molar-refractivity contribution in [3.63, 3.8) is 0 Å². The largest absolute Gasteiger partial charge is 0.508 e. The van der Waals surface area contributed by atoms with Crippen LogP contribution in [0.15, 0.2) is 24.3 Å². The number of aliphatic carboxylic acids is 2. The topological polar surface area (TPSA) is 208 Å². The lowest BCUT2D eigenvalue weighted by Crippen LogP contribution is -2.59. The van der Waals surface area contributed by atoms with Gasteiger partial charge in [-0.25, -0.2) is 4.79 Å². The van der Waals surface area contributed by atoms with Crippen LogP contribution < -0.4 is 21.7 Å². The number of carbonyl (C=O) groups is 5. The fourth-order valence-corrected chi connectivity index (χ4v) is 3.26. The fraction of sp³-hybridized carbons (Fsp3) is 0.500. The van der Waals surface area contributed by atoms with E-state index < -0.39 is 59.7 Å². The zero-order chi connectivity index (χ0) is 26.7. The van der Waals surface area contributed by atoms with Crippen molar-refractivity contribution in [1.29, 1.82) is 0 Å². The standard InChI is InChI=1S/C22H32N4O8S/c1-11(2)18(26-19(30)14(23)7-8-17(28)29)21(32)25-16(10-35)20(31)24-15(22(33)34)9-12-3-5-13(27)6-4-12/h3-6,11,14-16,18,27,35H,7-10,23H2,1-2H3,(H,24,31)(H,25,32)(H,26,30)(H,28,29)(H,33,34). The van der Waals surface area contributed by atoms with Gasteiger partial charge in [-0.2, -0.15) is 12.6 Å². The van der Waals surface area contributed by atoms with Crippen molar-refractivity contribution < 1.29 is 39.3 Å². The van der Waals surface area contributed by atoms with Gasteiger partial charge in [-0.1, -0.05) is 26.0 Å². The Morgan fingerprint density at radius 1 is 0.914 bits per heavy atom. The van der Waals surface area contributed by atoms with E-state index in [4.69, 9.17) is 10.8 Å². The fourth-order valence-electron chi connectivity index (χ4n) is 3.00. The number of rotatable bonds is 14. The molecule has 0 saturated carbocycles. The SMILES string of the molecule is CC(C)C(NC(=O)C(N)CCC(=O)O)C(=O)NC(CS)C(=O)NC(Cc1ccc(O)cc1)C(=O)O. The minimum Gasteiger partial charge on any atom is -0.508 e. The highest BCUT2D eigenvalue weighted by atomic mass is 32.1. The number of carboxylic acid groups (broad SMARTS) is 2. The van der Waals surface area contributed by atoms with Crippen LogP contribution in [0.1, 0.15) is 32.3 Å². The number of nitrogens with one attached hydrogen (secondary N) is 3. The first-order valence-corrected chi connectivity index (χ1v) is 11.5. The number of benzene rings is 1. The number of phenolic OH excluding ortho intramolecular Hbond substituents is 1. The minimum absolute atomic E-state index is 0.0113. The van der Waals surface area contributed by atoms with E-state index in [1.165, 1.54) is 24.3 Å². The third-order valence-electron chi connectivity index (χ3n) is 5.06. The van der Waals surface area contributed by atoms with Crippen molar-refractivity contribution in [2.75, 3.05) is 5.75 Å². The van der Waals surface area contributed by atoms with Crippen LogP contribution in [0.2, 0.25) is 0 Å². The van der Waals surface area contributed by atoms with Gasteiger partial charge >= 0.3 is 11.9 Å². The molecule has 0 saturated heterocycles. The Labute approximate surface area is 208 Å². The molecule has 35 heavy (non-hydrogen) atoms. The smallest absolute Gasteiger partial charge is 0.326 e. The number of hydrogen-bond acceptors (Lipinski definition) is 8. The number of carbonyl (C=O) groups excluding carboxylic acids is 3. The van der Waals surface area contributed by atoms with Gasteiger partial charge in [0.1, 0.15) is 23.9 Å². The molecule has 0 aromatic heterocycles. The van der Waals surface area contributed by atoms with Gasteiger partial charge < -0.3 is 37.0 Å². The summed E-state index contributed by atoms with van der Waals surface area (Å²) in [5, 5.41) is 34.9. The summed E-state index contributed by atoms with van der Waals surface area (Å²) in [4.78, 5) is 60.1. The van der Waals surface area contributed by atoms with Gasteiger partial charge in [0.05, 0.1) is 6.04 Å². The average molecular weight is 513 g/mol. The highest BCUT2D eigenvalue weighted by molar-refractivity contribution is 7.80. The predicted octanol–water partition coefficient (Wildman–Crippen LogP) is -0.748. The van der Waals surface area contributed by atoms with Gasteiger partial charge in [0.15, 0.2) is 0 Å². The average Bonchev–Trinajstić information content (AvgIpc) is 2.79. The summed E-state index contributed by atoms with van der Waals surface area (Å²) in [5.41, 5.74) is 6.25. The molecule has 0 aliphatic heterocycles. The van der Waals surface area contributed by atoms with E-state index in [1.807, 2.05) is 0 Å². The van der Waals surface area contributed by atoms with Crippen LogP contribution in [0.3, 0.4) is 0 Å². The van der Waals surface area contributed by atoms with Gasteiger partial charge in [-0.15, -0.1) is 0 Å². The molecule has 0 bridgehead atoms. The van der Waals surface area contributed by atoms with Crippen LogP contribution in [-0.4, -0.2) is 74.9 Å². The Bertz CT molecular complexity index is 909. The molecule has 12 nitrogen and oxygen atoms in total. The number of aromatic hydroxyl groups is 1. The summed E-state index contributed by atoms with van der Waals surface area (Å²) in [6.07, 6.45) is -0.496. The number of phenols is 1. The lowest BCUT2D eigenvalue weighted by atomic mass is 10.0. The molecule has 13 heteroatoms. The Hall–Kier alpha value is -3.32. The minimum atomic E-state index is -1.31. The van der Waals surface area contributed by atoms with Crippen molar-refractivity contribution in [3.8, 4) is 5.75 Å². The van der Waals surface area contributed by atoms with Crippen LogP contribution in [-0.2, 0) is 30.4 Å². The van der Waals surface area contributed by atoms with Crippen LogP contribution in [0.5, 0.6) is 5.75 Å². The molecule has 0 aliphatic carbocycles. The van der Waals surface area contributed by atoms with Crippen molar-refractivity contribution >= 4 is 42.3 Å². The molecule has 1 rings (SSSR count). The number of hydrogen-bond donors (Lipinski definition) is 8. The molecular formula is C22H32N4O8S. The van der Waals surface area contributed by atoms with E-state index in [-0.39, 0.29) is 30.8 Å². The molecule has 4 atom stereocenters. The van der Waals surface area contributed by atoms with Crippen LogP contribution >= 0.6 is 12.6 Å². The third kappa shape index (κ3) is 10.2. The number of amides is 3. The van der Waals surface area contributed by atoms with Gasteiger partial charge in [0.2, 0.25) is 17.7 Å². The van der Waals surface area contributed by atoms with Crippen molar-refractivity contribution in [2.24, 2.45) is 11.7 Å². The molecule has 0 aliphatic rings. The number of carboxylic acids is 2. The maximum absolute atomic E-state index is 12.8. The summed E-state index contributed by atoms with van der Waals surface area (Å²) in [7, 11) is 0. The monoisotopic (exact) mass is 512 g/mol. The number of nitrogens with two attached hydrogens (primary N) is 1. The molecule has 1 aromatic rings. The van der Waals surface area contributed by atoms with E-state index >= 15 is 0 Å². The Kier molecular flexibility index (Phi) is 12.0. The normalized spacial score (nSPS) is 14.3. The zero-order valence-electron chi connectivity index (χ0n) is 19.4. The van der Waals surface area contributed by atoms with Crippen molar-refractivity contribution in [1.82, 2.24) is 16.0 Å². The molecule has 4 unspecified atom stereocenters. The summed E-state index contributed by atoms with van der Waals surface area (Å²) < 4.78 is 0. The van der Waals surface area contributed by atoms with Gasteiger partial charge in [-0.3, -0.25) is 19.2 Å². The maximum atomic E-state index is 12.8. The van der Waals surface area contributed by atoms with Gasteiger partial charge in [0, 0.05) is 18.6 Å². The van der Waals surface area contributed by atoms with E-state index in [9.17, 15) is 34.2 Å². The van der Waals surface area contributed by atoms with Crippen molar-refractivity contribution in [3.05, 3.63) is 29.8 Å². The first-order chi connectivity index (χ1) is 16.3. The van der Waals surface area contributed by atoms with Gasteiger partial charge in [0.25, 0.3) is 0 Å². The zero-order valence-corrected chi connectivity index (χ0v) is 20.3. The molecule has 8 N–H and O–H groups in total. The Balaban J connectivity index is 2.83. The predicted molar refractivity (Wildman–Crippen MR) is 129 cm³/mol. The van der Waals surface area contributed by atoms with Crippen molar-refractivity contribution in [2.45, 2.75) is 57.3 Å². The molecule has 0 radical (unpaired) electrons. The molecule has 0 spiro atoms. The second-order valence-electron chi connectivity index (χ2n) is 8.28. The first-order valence-electron chi connectivity index (χ1n) is 10.9. The summed E-state index contributed by atoms with van der Waals surface area (Å²) in [6.45, 7) is 3.31. The van der Waals surface area contributed by atoms with Crippen LogP contribution in [0.4, 0.5) is 0 Å². The Morgan fingerprint density at radius 2 is 1.49 bits per heavy atom. The molecular weight excluding hydrogens is 480 g/mol. The van der Waals surface area contributed by atoms with Gasteiger partial charge in [-0.05, 0) is 30.0 Å². The van der Waals surface area contributed by atoms with E-state index in [0.717, 1.165) is 0 Å². The summed E-state index contributed by atoms with van der Waals surface area (Å²) in [6, 6.07) is 1.09. The van der Waals surface area contributed by atoms with E-state index in [2.05, 4.69) is 28.6 Å². The first kappa shape index (κ1) is 29.7. The third-order valence-corrected chi connectivity index (χ3v) is 5.42. The van der Waals surface area contributed by atoms with E-state index in [0.29, 0.717) is 5.56 Å². The molecule has 0 fully saturated rings. The molecule has 1 aromatic carbocycles. The quantitative estimate of drug-likeness (QED) is 0.147. The second-order valence-corrected chi connectivity index (χ2v) is 8.65. The lowest BCUT2D eigenvalue weighted by Gasteiger charge is -2.26. The van der Waals surface area contributed by atoms with E-state index in [1.54, 1.807) is 13.8 Å². The Morgan fingerprint density at radius 3 is 1.97 bits per heavy atom. The summed E-state index contributed by atoms with van der Waals surface area (Å²) in [5.74, 6) is -5.16. The molecule has 194 valence electrons. The highest BCUT2D eigenvalue weighted by Crippen LogP contribution is 2.12. The van der Waals surface area contributed by atoms with Crippen LogP contribution in [0.25, 0.3) is 0 Å². The summed E-state index contributed by atoms with van der Waals surface area (Å²) >= 11 is 4.07. The number of thiol groups is 1. The van der Waals surface area contributed by atoms with Crippen LogP contribution in [0, 0.1) is 5.92 Å². The highest BCUT2D eigenvalue weighted by Gasteiger charge is 2.31. The maximum Gasteiger partial charge on any atom is 0.326 e. The molecule has 3 amide bonds. The molecule has 0 heterocycles. The second kappa shape index (κ2) is 14.2.